The van der Waals surface area contributed by atoms with E-state index in [1.54, 1.807) is 0 Å². The molecule has 1 aliphatic carbocycles. The molecular weight excluding hydrogens is 556 g/mol. The van der Waals surface area contributed by atoms with E-state index in [-0.39, 0.29) is 5.41 Å². The summed E-state index contributed by atoms with van der Waals surface area (Å²) in [7, 11) is 0. The molecule has 0 unspecified atom stereocenters. The zero-order valence-corrected chi connectivity index (χ0v) is 25.8. The third-order valence-corrected chi connectivity index (χ3v) is 10.3. The van der Waals surface area contributed by atoms with Gasteiger partial charge in [0.05, 0.1) is 11.0 Å². The summed E-state index contributed by atoms with van der Waals surface area (Å²) >= 11 is 0. The van der Waals surface area contributed by atoms with Gasteiger partial charge in [0, 0.05) is 16.7 Å². The SMILES string of the molecule is CC1(C)c2cc(-c3ccc(-c4nc5ccccc5n4-c4ccccc4)cc3)ccc2-c2c1cc1ccc3cccc4ccc2c1c34. The first-order valence-electron chi connectivity index (χ1n) is 16.1. The Morgan fingerprint density at radius 2 is 1.22 bits per heavy atom. The van der Waals surface area contributed by atoms with Gasteiger partial charge in [-0.3, -0.25) is 4.57 Å². The van der Waals surface area contributed by atoms with Gasteiger partial charge in [-0.15, -0.1) is 0 Å². The Morgan fingerprint density at radius 3 is 2.04 bits per heavy atom. The fourth-order valence-electron chi connectivity index (χ4n) is 8.07. The van der Waals surface area contributed by atoms with Crippen LogP contribution in [-0.2, 0) is 5.41 Å². The van der Waals surface area contributed by atoms with E-state index in [4.69, 9.17) is 4.98 Å². The van der Waals surface area contributed by atoms with Gasteiger partial charge in [0.15, 0.2) is 0 Å². The lowest BCUT2D eigenvalue weighted by Gasteiger charge is -2.23. The van der Waals surface area contributed by atoms with Gasteiger partial charge >= 0.3 is 0 Å². The van der Waals surface area contributed by atoms with Crippen LogP contribution in [0.5, 0.6) is 0 Å². The third kappa shape index (κ3) is 3.44. The average molecular weight is 587 g/mol. The van der Waals surface area contributed by atoms with Crippen molar-refractivity contribution in [1.82, 2.24) is 9.55 Å². The zero-order valence-electron chi connectivity index (χ0n) is 25.8. The minimum Gasteiger partial charge on any atom is -0.292 e. The largest absolute Gasteiger partial charge is 0.292 e. The van der Waals surface area contributed by atoms with Crippen molar-refractivity contribution in [3.63, 3.8) is 0 Å². The molecule has 1 heterocycles. The van der Waals surface area contributed by atoms with Gasteiger partial charge in [-0.2, -0.15) is 0 Å². The lowest BCUT2D eigenvalue weighted by molar-refractivity contribution is 0.661. The van der Waals surface area contributed by atoms with Crippen LogP contribution in [0.3, 0.4) is 0 Å². The molecule has 46 heavy (non-hydrogen) atoms. The number of nitrogens with zero attached hydrogens (tertiary/aromatic N) is 2. The molecule has 0 bridgehead atoms. The summed E-state index contributed by atoms with van der Waals surface area (Å²) in [5.74, 6) is 0.953. The number of para-hydroxylation sites is 3. The van der Waals surface area contributed by atoms with Crippen molar-refractivity contribution >= 4 is 43.4 Å². The number of benzene rings is 8. The van der Waals surface area contributed by atoms with Crippen LogP contribution in [0, 0.1) is 0 Å². The quantitative estimate of drug-likeness (QED) is 0.188. The van der Waals surface area contributed by atoms with E-state index < -0.39 is 0 Å². The highest BCUT2D eigenvalue weighted by molar-refractivity contribution is 6.26. The molecule has 10 rings (SSSR count). The van der Waals surface area contributed by atoms with Crippen molar-refractivity contribution in [2.24, 2.45) is 0 Å². The molecule has 2 nitrogen and oxygen atoms in total. The highest BCUT2D eigenvalue weighted by Gasteiger charge is 2.37. The molecule has 0 saturated carbocycles. The summed E-state index contributed by atoms with van der Waals surface area (Å²) in [4.78, 5) is 5.07. The number of hydrogen-bond donors (Lipinski definition) is 0. The monoisotopic (exact) mass is 586 g/mol. The number of rotatable bonds is 3. The van der Waals surface area contributed by atoms with Gasteiger partial charge in [0.1, 0.15) is 5.82 Å². The molecule has 0 aliphatic heterocycles. The van der Waals surface area contributed by atoms with Gasteiger partial charge in [0.2, 0.25) is 0 Å². The van der Waals surface area contributed by atoms with Gasteiger partial charge in [-0.05, 0) is 102 Å². The molecule has 9 aromatic rings. The second kappa shape index (κ2) is 9.15. The fourth-order valence-corrected chi connectivity index (χ4v) is 8.07. The van der Waals surface area contributed by atoms with Crippen LogP contribution in [-0.4, -0.2) is 9.55 Å². The van der Waals surface area contributed by atoms with Crippen LogP contribution in [0.1, 0.15) is 25.0 Å². The Balaban J connectivity index is 1.10. The topological polar surface area (TPSA) is 17.8 Å². The number of hydrogen-bond acceptors (Lipinski definition) is 1. The molecule has 0 saturated heterocycles. The van der Waals surface area contributed by atoms with Crippen LogP contribution in [0.15, 0.2) is 146 Å². The average Bonchev–Trinajstić information content (AvgIpc) is 3.60. The number of aromatic nitrogens is 2. The lowest BCUT2D eigenvalue weighted by atomic mass is 9.80. The summed E-state index contributed by atoms with van der Waals surface area (Å²) in [5, 5.41) is 8.08. The molecule has 2 heteroatoms. The van der Waals surface area contributed by atoms with E-state index >= 15 is 0 Å². The van der Waals surface area contributed by atoms with Crippen molar-refractivity contribution in [1.29, 1.82) is 0 Å². The maximum Gasteiger partial charge on any atom is 0.145 e. The summed E-state index contributed by atoms with van der Waals surface area (Å²) in [6.45, 7) is 4.77. The van der Waals surface area contributed by atoms with E-state index in [1.807, 2.05) is 0 Å². The van der Waals surface area contributed by atoms with Crippen LogP contribution < -0.4 is 0 Å². The highest BCUT2D eigenvalue weighted by Crippen LogP contribution is 2.54. The maximum absolute atomic E-state index is 5.07. The Hall–Kier alpha value is -5.73. The molecule has 0 atom stereocenters. The Morgan fingerprint density at radius 1 is 0.522 bits per heavy atom. The summed E-state index contributed by atoms with van der Waals surface area (Å²) < 4.78 is 2.26. The molecule has 0 amide bonds. The summed E-state index contributed by atoms with van der Waals surface area (Å²) in [6.07, 6.45) is 0. The molecule has 0 spiro atoms. The molecule has 0 N–H and O–H groups in total. The van der Waals surface area contributed by atoms with Crippen molar-refractivity contribution in [2.45, 2.75) is 19.3 Å². The first kappa shape index (κ1) is 25.6. The lowest BCUT2D eigenvalue weighted by Crippen LogP contribution is -2.15. The van der Waals surface area contributed by atoms with E-state index in [2.05, 4.69) is 164 Å². The van der Waals surface area contributed by atoms with E-state index in [9.17, 15) is 0 Å². The standard InChI is InChI=1S/C44H30N2/c1-44(2)36-25-31(22-23-34(36)42-35-24-21-29-10-8-9-28-17-20-32(26-37(42)44)41(35)40(28)29)27-15-18-30(19-16-27)43-45-38-13-6-7-14-39(38)46(43)33-11-4-3-5-12-33/h3-26H,1-2H3. The van der Waals surface area contributed by atoms with Gasteiger partial charge in [-0.25, -0.2) is 4.98 Å². The molecule has 1 aliphatic rings. The first-order chi connectivity index (χ1) is 22.6. The molecule has 0 fully saturated rings. The van der Waals surface area contributed by atoms with Gasteiger partial charge in [0.25, 0.3) is 0 Å². The van der Waals surface area contributed by atoms with Crippen LogP contribution >= 0.6 is 0 Å². The van der Waals surface area contributed by atoms with Crippen LogP contribution in [0.2, 0.25) is 0 Å². The molecular formula is C44H30N2. The molecule has 216 valence electrons. The van der Waals surface area contributed by atoms with Crippen molar-refractivity contribution < 1.29 is 0 Å². The van der Waals surface area contributed by atoms with E-state index in [1.165, 1.54) is 65.7 Å². The Labute approximate surface area is 267 Å². The fraction of sp³-hybridized carbons (Fsp3) is 0.0682. The normalized spacial score (nSPS) is 13.6. The van der Waals surface area contributed by atoms with Crippen molar-refractivity contribution in [2.75, 3.05) is 0 Å². The number of imidazole rings is 1. The van der Waals surface area contributed by atoms with Gasteiger partial charge < -0.3 is 0 Å². The molecule has 0 radical (unpaired) electrons. The smallest absolute Gasteiger partial charge is 0.145 e. The van der Waals surface area contributed by atoms with Crippen molar-refractivity contribution in [3.8, 4) is 39.3 Å². The predicted molar refractivity (Wildman–Crippen MR) is 193 cm³/mol. The predicted octanol–water partition coefficient (Wildman–Crippen LogP) is 11.6. The summed E-state index contributed by atoms with van der Waals surface area (Å²) in [5.41, 5.74) is 12.2. The summed E-state index contributed by atoms with van der Waals surface area (Å²) in [6, 6.07) is 53.2. The number of fused-ring (bicyclic) bond motifs is 5. The van der Waals surface area contributed by atoms with E-state index in [0.717, 1.165) is 28.1 Å². The Kier molecular flexibility index (Phi) is 5.09. The maximum atomic E-state index is 5.07. The molecule has 8 aromatic carbocycles. The van der Waals surface area contributed by atoms with E-state index in [0.29, 0.717) is 0 Å². The Bertz CT molecular complexity index is 2620. The van der Waals surface area contributed by atoms with Crippen LogP contribution in [0.25, 0.3) is 82.7 Å². The van der Waals surface area contributed by atoms with Crippen molar-refractivity contribution in [3.05, 3.63) is 157 Å². The second-order valence-corrected chi connectivity index (χ2v) is 13.2. The minimum atomic E-state index is -0.106. The highest BCUT2D eigenvalue weighted by atomic mass is 15.1. The minimum absolute atomic E-state index is 0.106. The second-order valence-electron chi connectivity index (χ2n) is 13.2. The van der Waals surface area contributed by atoms with Crippen LogP contribution in [0.4, 0.5) is 0 Å². The third-order valence-electron chi connectivity index (χ3n) is 10.3. The molecule has 1 aromatic heterocycles. The zero-order chi connectivity index (χ0) is 30.6. The van der Waals surface area contributed by atoms with Gasteiger partial charge in [-0.1, -0.05) is 123 Å². The first-order valence-corrected chi connectivity index (χ1v) is 16.1.